The first-order valence-electron chi connectivity index (χ1n) is 9.52. The molecule has 3 fully saturated rings. The molecule has 5 nitrogen and oxygen atoms in total. The number of benzene rings is 1. The molecular formula is C19H33N5. The van der Waals surface area contributed by atoms with Crippen molar-refractivity contribution < 1.29 is 0 Å². The van der Waals surface area contributed by atoms with Gasteiger partial charge in [0.2, 0.25) is 0 Å². The summed E-state index contributed by atoms with van der Waals surface area (Å²) in [6.07, 6.45) is 0. The van der Waals surface area contributed by atoms with Crippen molar-refractivity contribution in [3.8, 4) is 0 Å². The average molecular weight is 332 g/mol. The molecule has 3 saturated heterocycles. The lowest BCUT2D eigenvalue weighted by Gasteiger charge is -2.33. The molecular weight excluding hydrogens is 298 g/mol. The van der Waals surface area contributed by atoms with Crippen molar-refractivity contribution in [3.63, 3.8) is 0 Å². The number of rotatable bonds is 2. The molecule has 0 unspecified atom stereocenters. The second-order valence-electron chi connectivity index (χ2n) is 6.95. The first-order valence-corrected chi connectivity index (χ1v) is 9.52. The van der Waals surface area contributed by atoms with Crippen molar-refractivity contribution in [2.75, 3.05) is 78.5 Å². The largest absolute Gasteiger partial charge is 0.314 e. The van der Waals surface area contributed by atoms with Gasteiger partial charge in [0.15, 0.2) is 0 Å². The number of nitrogens with zero attached hydrogens (tertiary/aromatic N) is 3. The highest BCUT2D eigenvalue weighted by Crippen LogP contribution is 2.06. The second kappa shape index (κ2) is 10.1. The molecule has 0 aliphatic carbocycles. The van der Waals surface area contributed by atoms with Crippen LogP contribution in [-0.2, 0) is 6.54 Å². The molecule has 3 aliphatic heterocycles. The van der Waals surface area contributed by atoms with Gasteiger partial charge >= 0.3 is 0 Å². The molecule has 0 radical (unpaired) electrons. The maximum absolute atomic E-state index is 3.61. The maximum Gasteiger partial charge on any atom is 0.0234 e. The van der Waals surface area contributed by atoms with Gasteiger partial charge in [-0.25, -0.2) is 0 Å². The molecule has 1 aromatic rings. The zero-order chi connectivity index (χ0) is 16.5. The van der Waals surface area contributed by atoms with Gasteiger partial charge in [0.05, 0.1) is 0 Å². The van der Waals surface area contributed by atoms with E-state index >= 15 is 0 Å². The van der Waals surface area contributed by atoms with Gasteiger partial charge in [-0.15, -0.1) is 0 Å². The Morgan fingerprint density at radius 1 is 0.625 bits per heavy atom. The van der Waals surface area contributed by atoms with Crippen LogP contribution in [0.1, 0.15) is 5.56 Å². The van der Waals surface area contributed by atoms with E-state index in [0.717, 1.165) is 85.1 Å². The lowest BCUT2D eigenvalue weighted by atomic mass is 10.2. The molecule has 2 bridgehead atoms. The number of fused-ring (bicyclic) bond motifs is 12. The van der Waals surface area contributed by atoms with E-state index in [9.17, 15) is 0 Å². The Labute approximate surface area is 147 Å². The Morgan fingerprint density at radius 3 is 1.62 bits per heavy atom. The minimum Gasteiger partial charge on any atom is -0.314 e. The summed E-state index contributed by atoms with van der Waals surface area (Å²) < 4.78 is 0. The smallest absolute Gasteiger partial charge is 0.0234 e. The zero-order valence-corrected chi connectivity index (χ0v) is 14.9. The molecule has 2 N–H and O–H groups in total. The van der Waals surface area contributed by atoms with E-state index in [1.165, 1.54) is 5.56 Å². The van der Waals surface area contributed by atoms with Gasteiger partial charge in [-0.1, -0.05) is 30.3 Å². The molecule has 0 aromatic heterocycles. The predicted molar refractivity (Wildman–Crippen MR) is 100 cm³/mol. The summed E-state index contributed by atoms with van der Waals surface area (Å²) in [5.74, 6) is 0. The van der Waals surface area contributed by atoms with E-state index in [4.69, 9.17) is 0 Å². The summed E-state index contributed by atoms with van der Waals surface area (Å²) in [6.45, 7) is 14.7. The van der Waals surface area contributed by atoms with Crippen molar-refractivity contribution in [2.45, 2.75) is 6.54 Å². The van der Waals surface area contributed by atoms with Gasteiger partial charge in [-0.2, -0.15) is 0 Å². The van der Waals surface area contributed by atoms with E-state index in [0.29, 0.717) is 0 Å². The van der Waals surface area contributed by atoms with Gasteiger partial charge in [-0.3, -0.25) is 14.7 Å². The van der Waals surface area contributed by atoms with Crippen LogP contribution in [0.2, 0.25) is 0 Å². The third-order valence-corrected chi connectivity index (χ3v) is 5.13. The normalized spacial score (nSPS) is 28.2. The van der Waals surface area contributed by atoms with Crippen molar-refractivity contribution >= 4 is 0 Å². The Hall–Kier alpha value is -0.980. The molecule has 134 valence electrons. The maximum atomic E-state index is 3.61. The summed E-state index contributed by atoms with van der Waals surface area (Å²) in [5.41, 5.74) is 1.43. The standard InChI is InChI=1S/C19H33N5/c1-2-4-19(5-3-1)18-24-16-14-22-10-6-20-7-11-23(15-17-24)13-9-21-8-12-22/h1-5,20-21H,6-18H2. The quantitative estimate of drug-likeness (QED) is 0.815. The van der Waals surface area contributed by atoms with E-state index in [1.807, 2.05) is 0 Å². The third kappa shape index (κ3) is 6.15. The van der Waals surface area contributed by atoms with Crippen molar-refractivity contribution in [2.24, 2.45) is 0 Å². The number of hydrogen-bond acceptors (Lipinski definition) is 5. The van der Waals surface area contributed by atoms with Crippen LogP contribution in [0, 0.1) is 0 Å². The van der Waals surface area contributed by atoms with Crippen LogP contribution in [0.5, 0.6) is 0 Å². The van der Waals surface area contributed by atoms with E-state index in [-0.39, 0.29) is 0 Å². The van der Waals surface area contributed by atoms with Crippen molar-refractivity contribution in [3.05, 3.63) is 35.9 Å². The van der Waals surface area contributed by atoms with E-state index < -0.39 is 0 Å². The van der Waals surface area contributed by atoms with Crippen LogP contribution >= 0.6 is 0 Å². The number of nitrogens with one attached hydrogen (secondary N) is 2. The summed E-state index contributed by atoms with van der Waals surface area (Å²) in [7, 11) is 0. The average Bonchev–Trinajstić information content (AvgIpc) is 2.59. The molecule has 5 heteroatoms. The molecule has 3 heterocycles. The predicted octanol–water partition coefficient (Wildman–Crippen LogP) is 0.299. The Morgan fingerprint density at radius 2 is 1.12 bits per heavy atom. The van der Waals surface area contributed by atoms with Crippen LogP contribution in [0.15, 0.2) is 30.3 Å². The summed E-state index contributed by atoms with van der Waals surface area (Å²) in [6, 6.07) is 10.9. The van der Waals surface area contributed by atoms with Crippen molar-refractivity contribution in [1.82, 2.24) is 25.3 Å². The fourth-order valence-corrected chi connectivity index (χ4v) is 3.55. The molecule has 4 rings (SSSR count). The van der Waals surface area contributed by atoms with Crippen LogP contribution in [-0.4, -0.2) is 93.2 Å². The van der Waals surface area contributed by atoms with E-state index in [1.54, 1.807) is 0 Å². The van der Waals surface area contributed by atoms with Gasteiger partial charge < -0.3 is 10.6 Å². The molecule has 3 aliphatic rings. The Kier molecular flexibility index (Phi) is 7.51. The van der Waals surface area contributed by atoms with Gasteiger partial charge in [0.25, 0.3) is 0 Å². The molecule has 0 amide bonds. The minimum atomic E-state index is 1.07. The van der Waals surface area contributed by atoms with E-state index in [2.05, 4.69) is 55.7 Å². The Bertz CT molecular complexity index is 418. The second-order valence-corrected chi connectivity index (χ2v) is 6.95. The zero-order valence-electron chi connectivity index (χ0n) is 14.9. The van der Waals surface area contributed by atoms with Crippen LogP contribution in [0.25, 0.3) is 0 Å². The topological polar surface area (TPSA) is 33.8 Å². The monoisotopic (exact) mass is 331 g/mol. The van der Waals surface area contributed by atoms with Crippen LogP contribution in [0.4, 0.5) is 0 Å². The fraction of sp³-hybridized carbons (Fsp3) is 0.684. The first kappa shape index (κ1) is 17.8. The minimum absolute atomic E-state index is 1.07. The third-order valence-electron chi connectivity index (χ3n) is 5.13. The summed E-state index contributed by atoms with van der Waals surface area (Å²) >= 11 is 0. The Balaban J connectivity index is 1.66. The number of hydrogen-bond donors (Lipinski definition) is 2. The van der Waals surface area contributed by atoms with Gasteiger partial charge in [0, 0.05) is 85.1 Å². The molecule has 0 saturated carbocycles. The highest BCUT2D eigenvalue weighted by atomic mass is 15.2. The molecule has 1 aromatic carbocycles. The SMILES string of the molecule is c1ccc(CN2CCN3CCNCCN(CCNCC3)CC2)cc1. The highest BCUT2D eigenvalue weighted by molar-refractivity contribution is 5.14. The fourth-order valence-electron chi connectivity index (χ4n) is 3.55. The lowest BCUT2D eigenvalue weighted by Crippen LogP contribution is -2.48. The van der Waals surface area contributed by atoms with Crippen LogP contribution in [0.3, 0.4) is 0 Å². The lowest BCUT2D eigenvalue weighted by molar-refractivity contribution is 0.157. The highest BCUT2D eigenvalue weighted by Gasteiger charge is 2.14. The van der Waals surface area contributed by atoms with Gasteiger partial charge in [-0.05, 0) is 5.56 Å². The van der Waals surface area contributed by atoms with Crippen molar-refractivity contribution in [1.29, 1.82) is 0 Å². The summed E-state index contributed by atoms with van der Waals surface area (Å²) in [4.78, 5) is 7.86. The molecule has 0 atom stereocenters. The first-order chi connectivity index (χ1) is 11.9. The molecule has 0 spiro atoms. The van der Waals surface area contributed by atoms with Gasteiger partial charge in [0.1, 0.15) is 0 Å². The summed E-state index contributed by atoms with van der Waals surface area (Å²) in [5, 5.41) is 7.23. The molecule has 24 heavy (non-hydrogen) atoms. The van der Waals surface area contributed by atoms with Crippen LogP contribution < -0.4 is 10.6 Å².